The second-order valence-electron chi connectivity index (χ2n) is 4.57. The molecule has 18 heavy (non-hydrogen) atoms. The highest BCUT2D eigenvalue weighted by atomic mass is 32.1. The molecule has 0 aliphatic carbocycles. The molecule has 0 radical (unpaired) electrons. The highest BCUT2D eigenvalue weighted by molar-refractivity contribution is 7.15. The highest BCUT2D eigenvalue weighted by Crippen LogP contribution is 2.27. The molecule has 0 spiro atoms. The Bertz CT molecular complexity index is 491. The van der Waals surface area contributed by atoms with Crippen molar-refractivity contribution in [1.29, 1.82) is 0 Å². The number of aryl methyl sites for hydroxylation is 2. The topological polar surface area (TPSA) is 25.8 Å². The molecule has 0 saturated carbocycles. The molecule has 3 heteroatoms. The maximum Gasteiger partial charge on any atom is 0.125 e. The van der Waals surface area contributed by atoms with Crippen LogP contribution in [0.5, 0.6) is 0 Å². The second-order valence-corrected chi connectivity index (χ2v) is 5.73. The molecule has 0 saturated heterocycles. The molecule has 0 unspecified atom stereocenters. The minimum absolute atomic E-state index is 0.838. The molecule has 0 amide bonds. The van der Waals surface area contributed by atoms with Crippen LogP contribution in [-0.4, -0.2) is 9.97 Å². The predicted octanol–water partition coefficient (Wildman–Crippen LogP) is 4.64. The Morgan fingerprint density at radius 3 is 2.78 bits per heavy atom. The third-order valence-corrected chi connectivity index (χ3v) is 4.13. The molecule has 2 heterocycles. The summed E-state index contributed by atoms with van der Waals surface area (Å²) in [7, 11) is 0. The van der Waals surface area contributed by atoms with E-state index in [0.29, 0.717) is 0 Å². The van der Waals surface area contributed by atoms with Crippen LogP contribution in [0.15, 0.2) is 24.4 Å². The van der Waals surface area contributed by atoms with Crippen LogP contribution in [0, 0.1) is 6.92 Å². The first-order valence-electron chi connectivity index (χ1n) is 6.68. The lowest BCUT2D eigenvalue weighted by atomic mass is 10.1. The zero-order valence-corrected chi connectivity index (χ0v) is 12.0. The fourth-order valence-electron chi connectivity index (χ4n) is 1.97. The normalized spacial score (nSPS) is 10.8. The van der Waals surface area contributed by atoms with Gasteiger partial charge >= 0.3 is 0 Å². The molecular formula is C15H20N2S. The van der Waals surface area contributed by atoms with Crippen molar-refractivity contribution in [2.24, 2.45) is 0 Å². The van der Waals surface area contributed by atoms with Crippen LogP contribution in [0.4, 0.5) is 0 Å². The standard InChI is InChI=1S/C15H20N2S/c1-3-4-5-6-7-13-8-9-15(18-13)14-10-11-16-12(2)17-14/h8-11H,3-7H2,1-2H3. The van der Waals surface area contributed by atoms with E-state index >= 15 is 0 Å². The molecule has 0 aliphatic heterocycles. The third-order valence-electron chi connectivity index (χ3n) is 2.97. The van der Waals surface area contributed by atoms with Crippen molar-refractivity contribution in [2.45, 2.75) is 46.0 Å². The average Bonchev–Trinajstić information content (AvgIpc) is 2.83. The fraction of sp³-hybridized carbons (Fsp3) is 0.467. The van der Waals surface area contributed by atoms with Gasteiger partial charge < -0.3 is 0 Å². The van der Waals surface area contributed by atoms with E-state index in [4.69, 9.17) is 0 Å². The van der Waals surface area contributed by atoms with Crippen LogP contribution in [0.2, 0.25) is 0 Å². The van der Waals surface area contributed by atoms with E-state index in [-0.39, 0.29) is 0 Å². The Morgan fingerprint density at radius 1 is 1.11 bits per heavy atom. The van der Waals surface area contributed by atoms with Crippen LogP contribution in [0.25, 0.3) is 10.6 Å². The lowest BCUT2D eigenvalue weighted by Crippen LogP contribution is -1.87. The van der Waals surface area contributed by atoms with Crippen LogP contribution in [-0.2, 0) is 6.42 Å². The summed E-state index contributed by atoms with van der Waals surface area (Å²) < 4.78 is 0. The quantitative estimate of drug-likeness (QED) is 0.707. The number of hydrogen-bond donors (Lipinski definition) is 0. The number of hydrogen-bond acceptors (Lipinski definition) is 3. The average molecular weight is 260 g/mol. The zero-order valence-electron chi connectivity index (χ0n) is 11.1. The van der Waals surface area contributed by atoms with Crippen molar-refractivity contribution in [3.63, 3.8) is 0 Å². The summed E-state index contributed by atoms with van der Waals surface area (Å²) in [4.78, 5) is 11.3. The van der Waals surface area contributed by atoms with Gasteiger partial charge in [-0.3, -0.25) is 0 Å². The first-order chi connectivity index (χ1) is 8.79. The van der Waals surface area contributed by atoms with Gasteiger partial charge in [-0.2, -0.15) is 0 Å². The van der Waals surface area contributed by atoms with E-state index < -0.39 is 0 Å². The van der Waals surface area contributed by atoms with Gasteiger partial charge in [0, 0.05) is 11.1 Å². The smallest absolute Gasteiger partial charge is 0.125 e. The first kappa shape index (κ1) is 13.2. The molecule has 0 aliphatic rings. The highest BCUT2D eigenvalue weighted by Gasteiger charge is 2.04. The van der Waals surface area contributed by atoms with Gasteiger partial charge in [-0.15, -0.1) is 11.3 Å². The zero-order chi connectivity index (χ0) is 12.8. The van der Waals surface area contributed by atoms with Crippen molar-refractivity contribution in [3.8, 4) is 10.6 Å². The lowest BCUT2D eigenvalue weighted by molar-refractivity contribution is 0.670. The summed E-state index contributed by atoms with van der Waals surface area (Å²) >= 11 is 1.86. The minimum Gasteiger partial charge on any atom is -0.242 e. The van der Waals surface area contributed by atoms with Crippen LogP contribution >= 0.6 is 11.3 Å². The number of rotatable bonds is 6. The van der Waals surface area contributed by atoms with Gasteiger partial charge in [0.05, 0.1) is 10.6 Å². The van der Waals surface area contributed by atoms with Gasteiger partial charge in [0.25, 0.3) is 0 Å². The number of thiophene rings is 1. The van der Waals surface area contributed by atoms with Gasteiger partial charge in [-0.05, 0) is 38.0 Å². The van der Waals surface area contributed by atoms with Crippen molar-refractivity contribution < 1.29 is 0 Å². The van der Waals surface area contributed by atoms with Crippen molar-refractivity contribution in [3.05, 3.63) is 35.1 Å². The van der Waals surface area contributed by atoms with Crippen LogP contribution < -0.4 is 0 Å². The maximum absolute atomic E-state index is 4.47. The Labute approximate surface area is 113 Å². The Hall–Kier alpha value is -1.22. The van der Waals surface area contributed by atoms with E-state index in [2.05, 4.69) is 29.0 Å². The summed E-state index contributed by atoms with van der Waals surface area (Å²) in [5.41, 5.74) is 1.05. The molecule has 2 nitrogen and oxygen atoms in total. The summed E-state index contributed by atoms with van der Waals surface area (Å²) in [6, 6.07) is 6.41. The third kappa shape index (κ3) is 3.64. The predicted molar refractivity (Wildman–Crippen MR) is 77.9 cm³/mol. The fourth-order valence-corrected chi connectivity index (χ4v) is 2.99. The van der Waals surface area contributed by atoms with Crippen molar-refractivity contribution in [1.82, 2.24) is 9.97 Å². The maximum atomic E-state index is 4.47. The SMILES string of the molecule is CCCCCCc1ccc(-c2ccnc(C)n2)s1. The van der Waals surface area contributed by atoms with Crippen molar-refractivity contribution in [2.75, 3.05) is 0 Å². The van der Waals surface area contributed by atoms with Gasteiger partial charge in [0.15, 0.2) is 0 Å². The summed E-state index contributed by atoms with van der Waals surface area (Å²) in [5, 5.41) is 0. The van der Waals surface area contributed by atoms with Gasteiger partial charge in [-0.1, -0.05) is 26.2 Å². The number of aromatic nitrogens is 2. The van der Waals surface area contributed by atoms with Crippen LogP contribution in [0.1, 0.15) is 43.3 Å². The van der Waals surface area contributed by atoms with E-state index in [0.717, 1.165) is 11.5 Å². The molecular weight excluding hydrogens is 240 g/mol. The molecule has 96 valence electrons. The van der Waals surface area contributed by atoms with Gasteiger partial charge in [0.1, 0.15) is 5.82 Å². The summed E-state index contributed by atoms with van der Waals surface area (Å²) in [5.74, 6) is 0.838. The number of nitrogens with zero attached hydrogens (tertiary/aromatic N) is 2. The Balaban J connectivity index is 1.97. The van der Waals surface area contributed by atoms with E-state index in [9.17, 15) is 0 Å². The Kier molecular flexibility index (Phi) is 4.88. The molecule has 0 bridgehead atoms. The second kappa shape index (κ2) is 6.64. The molecule has 2 aromatic heterocycles. The first-order valence-corrected chi connectivity index (χ1v) is 7.50. The molecule has 2 rings (SSSR count). The van der Waals surface area contributed by atoms with Gasteiger partial charge in [0.2, 0.25) is 0 Å². The lowest BCUT2D eigenvalue weighted by Gasteiger charge is -1.98. The molecule has 0 aromatic carbocycles. The van der Waals surface area contributed by atoms with Crippen molar-refractivity contribution >= 4 is 11.3 Å². The van der Waals surface area contributed by atoms with Gasteiger partial charge in [-0.25, -0.2) is 9.97 Å². The number of unbranched alkanes of at least 4 members (excludes halogenated alkanes) is 3. The molecule has 0 atom stereocenters. The minimum atomic E-state index is 0.838. The Morgan fingerprint density at radius 2 is 2.00 bits per heavy atom. The van der Waals surface area contributed by atoms with E-state index in [1.807, 2.05) is 30.5 Å². The monoisotopic (exact) mass is 260 g/mol. The molecule has 2 aromatic rings. The van der Waals surface area contributed by atoms with E-state index in [1.165, 1.54) is 41.9 Å². The summed E-state index contributed by atoms with van der Waals surface area (Å²) in [6.45, 7) is 4.18. The molecule has 0 N–H and O–H groups in total. The summed E-state index contributed by atoms with van der Waals surface area (Å²) in [6.07, 6.45) is 8.33. The molecule has 0 fully saturated rings. The largest absolute Gasteiger partial charge is 0.242 e. The van der Waals surface area contributed by atoms with Crippen LogP contribution in [0.3, 0.4) is 0 Å². The van der Waals surface area contributed by atoms with E-state index in [1.54, 1.807) is 0 Å².